The smallest absolute Gasteiger partial charge is 0.329 e. The van der Waals surface area contributed by atoms with E-state index in [1.807, 2.05) is 0 Å². The molecule has 134 valence electrons. The van der Waals surface area contributed by atoms with Crippen LogP contribution in [0.5, 0.6) is 0 Å². The average Bonchev–Trinajstić information content (AvgIpc) is 3.02. The Morgan fingerprint density at radius 2 is 1.75 bits per heavy atom. The highest BCUT2D eigenvalue weighted by atomic mass is 16.5. The van der Waals surface area contributed by atoms with Crippen molar-refractivity contribution < 1.29 is 38.2 Å². The van der Waals surface area contributed by atoms with E-state index >= 15 is 0 Å². The molecule has 0 aliphatic carbocycles. The summed E-state index contributed by atoms with van der Waals surface area (Å²) < 4.78 is 13.7. The first-order valence-electron chi connectivity index (χ1n) is 7.16. The molecule has 2 N–H and O–H groups in total. The van der Waals surface area contributed by atoms with Gasteiger partial charge in [0.2, 0.25) is 11.8 Å². The van der Waals surface area contributed by atoms with Crippen molar-refractivity contribution in [2.45, 2.75) is 31.3 Å². The number of hydrogen-bond donors (Lipinski definition) is 2. The monoisotopic (exact) mass is 344 g/mol. The Kier molecular flexibility index (Phi) is 7.15. The number of ether oxygens (including phenoxy) is 3. The van der Waals surface area contributed by atoms with Crippen molar-refractivity contribution >= 4 is 29.7 Å². The van der Waals surface area contributed by atoms with Gasteiger partial charge in [0.25, 0.3) is 0 Å². The SMILES string of the molecule is COC(=O)C[C@@H](C(=O)OC)[C@H](NC(=O)[C@@H]1CCC(=O)N1)C(=O)OC. The van der Waals surface area contributed by atoms with E-state index in [-0.39, 0.29) is 18.7 Å². The van der Waals surface area contributed by atoms with E-state index in [2.05, 4.69) is 24.8 Å². The quantitative estimate of drug-likeness (QED) is 0.411. The summed E-state index contributed by atoms with van der Waals surface area (Å²) in [7, 11) is 3.28. The maximum absolute atomic E-state index is 12.2. The molecule has 0 aromatic heterocycles. The molecule has 3 atom stereocenters. The number of hydrogen-bond acceptors (Lipinski definition) is 8. The van der Waals surface area contributed by atoms with Crippen molar-refractivity contribution in [1.82, 2.24) is 10.6 Å². The lowest BCUT2D eigenvalue weighted by molar-refractivity contribution is -0.159. The van der Waals surface area contributed by atoms with Crippen molar-refractivity contribution in [3.05, 3.63) is 0 Å². The molecule has 10 nitrogen and oxygen atoms in total. The summed E-state index contributed by atoms with van der Waals surface area (Å²) in [5, 5.41) is 4.78. The molecule has 0 spiro atoms. The van der Waals surface area contributed by atoms with Gasteiger partial charge in [0.15, 0.2) is 0 Å². The van der Waals surface area contributed by atoms with E-state index in [4.69, 9.17) is 0 Å². The minimum Gasteiger partial charge on any atom is -0.469 e. The first-order chi connectivity index (χ1) is 11.3. The van der Waals surface area contributed by atoms with Gasteiger partial charge in [-0.2, -0.15) is 0 Å². The Morgan fingerprint density at radius 3 is 2.21 bits per heavy atom. The van der Waals surface area contributed by atoms with E-state index in [1.165, 1.54) is 0 Å². The molecule has 1 saturated heterocycles. The summed E-state index contributed by atoms with van der Waals surface area (Å²) in [6, 6.07) is -2.27. The lowest BCUT2D eigenvalue weighted by Crippen LogP contribution is -2.54. The summed E-state index contributed by atoms with van der Waals surface area (Å²) >= 11 is 0. The first-order valence-corrected chi connectivity index (χ1v) is 7.16. The van der Waals surface area contributed by atoms with Gasteiger partial charge < -0.3 is 24.8 Å². The third-order valence-electron chi connectivity index (χ3n) is 3.59. The number of carbonyl (C=O) groups excluding carboxylic acids is 5. The third kappa shape index (κ3) is 4.93. The number of esters is 3. The minimum atomic E-state index is -1.45. The van der Waals surface area contributed by atoms with Crippen molar-refractivity contribution in [1.29, 1.82) is 0 Å². The zero-order chi connectivity index (χ0) is 18.3. The molecule has 0 aromatic carbocycles. The molecule has 1 heterocycles. The third-order valence-corrected chi connectivity index (χ3v) is 3.59. The van der Waals surface area contributed by atoms with Crippen LogP contribution in [-0.2, 0) is 38.2 Å². The van der Waals surface area contributed by atoms with Crippen molar-refractivity contribution in [2.75, 3.05) is 21.3 Å². The highest BCUT2D eigenvalue weighted by Gasteiger charge is 2.40. The Hall–Kier alpha value is -2.65. The predicted octanol–water partition coefficient (Wildman–Crippen LogP) is -1.72. The molecule has 0 bridgehead atoms. The number of carbonyl (C=O) groups is 5. The molecule has 2 amide bonds. The summed E-state index contributed by atoms with van der Waals surface area (Å²) in [6.07, 6.45) is -0.0394. The molecule has 1 aliphatic rings. The van der Waals surface area contributed by atoms with Gasteiger partial charge in [-0.3, -0.25) is 19.2 Å². The normalized spacial score (nSPS) is 18.8. The number of rotatable bonds is 7. The fourth-order valence-electron chi connectivity index (χ4n) is 2.27. The van der Waals surface area contributed by atoms with Gasteiger partial charge in [0.1, 0.15) is 12.1 Å². The molecule has 1 rings (SSSR count). The molecule has 1 aliphatic heterocycles. The number of nitrogens with one attached hydrogen (secondary N) is 2. The molecular formula is C14H20N2O8. The Morgan fingerprint density at radius 1 is 1.12 bits per heavy atom. The topological polar surface area (TPSA) is 137 Å². The molecule has 0 aromatic rings. The van der Waals surface area contributed by atoms with Crippen LogP contribution in [0.2, 0.25) is 0 Å². The van der Waals surface area contributed by atoms with Crippen LogP contribution in [0.25, 0.3) is 0 Å². The van der Waals surface area contributed by atoms with Crippen molar-refractivity contribution in [3.63, 3.8) is 0 Å². The van der Waals surface area contributed by atoms with Crippen LogP contribution in [0.1, 0.15) is 19.3 Å². The molecule has 0 unspecified atom stereocenters. The van der Waals surface area contributed by atoms with Crippen LogP contribution in [0.4, 0.5) is 0 Å². The van der Waals surface area contributed by atoms with Crippen LogP contribution in [-0.4, -0.2) is 63.1 Å². The number of methoxy groups -OCH3 is 3. The summed E-state index contributed by atoms with van der Waals surface area (Å²) in [5.41, 5.74) is 0. The van der Waals surface area contributed by atoms with Crippen LogP contribution >= 0.6 is 0 Å². The lowest BCUT2D eigenvalue weighted by atomic mass is 9.95. The van der Waals surface area contributed by atoms with Gasteiger partial charge in [0, 0.05) is 6.42 Å². The van der Waals surface area contributed by atoms with Gasteiger partial charge >= 0.3 is 17.9 Å². The van der Waals surface area contributed by atoms with Crippen molar-refractivity contribution in [3.8, 4) is 0 Å². The van der Waals surface area contributed by atoms with Crippen LogP contribution < -0.4 is 10.6 Å². The molecule has 0 radical (unpaired) electrons. The molecule has 0 saturated carbocycles. The summed E-state index contributed by atoms with van der Waals surface area (Å²) in [4.78, 5) is 58.8. The Labute approximate surface area is 138 Å². The largest absolute Gasteiger partial charge is 0.469 e. The fraction of sp³-hybridized carbons (Fsp3) is 0.643. The van der Waals surface area contributed by atoms with Crippen LogP contribution in [0.3, 0.4) is 0 Å². The Balaban J connectivity index is 2.96. The maximum atomic E-state index is 12.2. The van der Waals surface area contributed by atoms with Gasteiger partial charge in [0.05, 0.1) is 33.7 Å². The van der Waals surface area contributed by atoms with Gasteiger partial charge in [-0.1, -0.05) is 0 Å². The van der Waals surface area contributed by atoms with Gasteiger partial charge in [-0.05, 0) is 6.42 Å². The molecular weight excluding hydrogens is 324 g/mol. The number of amides is 2. The average molecular weight is 344 g/mol. The zero-order valence-corrected chi connectivity index (χ0v) is 13.6. The standard InChI is InChI=1S/C14H20N2O8/c1-22-10(18)6-7(13(20)23-2)11(14(21)24-3)16-12(19)8-4-5-9(17)15-8/h7-8,11H,4-6H2,1-3H3,(H,15,17)(H,16,19)/t7-,8+,11+/m1/s1. The second-order valence-electron chi connectivity index (χ2n) is 5.08. The van der Waals surface area contributed by atoms with E-state index in [0.29, 0.717) is 0 Å². The molecule has 10 heteroatoms. The van der Waals surface area contributed by atoms with E-state index in [0.717, 1.165) is 21.3 Å². The van der Waals surface area contributed by atoms with Crippen LogP contribution in [0.15, 0.2) is 0 Å². The minimum absolute atomic E-state index is 0.184. The van der Waals surface area contributed by atoms with E-state index in [9.17, 15) is 24.0 Å². The summed E-state index contributed by atoms with van der Waals surface area (Å²) in [6.45, 7) is 0. The fourth-order valence-corrected chi connectivity index (χ4v) is 2.27. The van der Waals surface area contributed by atoms with Gasteiger partial charge in [-0.15, -0.1) is 0 Å². The predicted molar refractivity (Wildman–Crippen MR) is 77.3 cm³/mol. The van der Waals surface area contributed by atoms with E-state index in [1.54, 1.807) is 0 Å². The van der Waals surface area contributed by atoms with Gasteiger partial charge in [-0.25, -0.2) is 4.79 Å². The lowest BCUT2D eigenvalue weighted by Gasteiger charge is -2.24. The first kappa shape index (κ1) is 19.4. The second kappa shape index (κ2) is 8.85. The zero-order valence-electron chi connectivity index (χ0n) is 13.6. The molecule has 24 heavy (non-hydrogen) atoms. The highest BCUT2D eigenvalue weighted by molar-refractivity contribution is 5.95. The maximum Gasteiger partial charge on any atom is 0.329 e. The molecule has 1 fully saturated rings. The highest BCUT2D eigenvalue weighted by Crippen LogP contribution is 2.16. The van der Waals surface area contributed by atoms with Crippen molar-refractivity contribution in [2.24, 2.45) is 5.92 Å². The second-order valence-corrected chi connectivity index (χ2v) is 5.08. The Bertz CT molecular complexity index is 533. The summed E-state index contributed by atoms with van der Waals surface area (Å²) in [5.74, 6) is -4.84. The van der Waals surface area contributed by atoms with Crippen LogP contribution in [0, 0.1) is 5.92 Å². The van der Waals surface area contributed by atoms with E-state index < -0.39 is 48.2 Å².